The zero-order valence-electron chi connectivity index (χ0n) is 10.3. The number of carbonyl (C=O) groups excluding carboxylic acids is 1. The van der Waals surface area contributed by atoms with Crippen molar-refractivity contribution >= 4 is 5.97 Å². The predicted octanol–water partition coefficient (Wildman–Crippen LogP) is 3.71. The van der Waals surface area contributed by atoms with Gasteiger partial charge in [0.1, 0.15) is 0 Å². The quantitative estimate of drug-likeness (QED) is 0.348. The van der Waals surface area contributed by atoms with Gasteiger partial charge >= 0.3 is 5.97 Å². The average Bonchev–Trinajstić information content (AvgIpc) is 2.19. The minimum atomic E-state index is -0.179. The highest BCUT2D eigenvalue weighted by Gasteiger charge is 1.98. The molecule has 0 aromatic carbocycles. The SMILES string of the molecule is CCCC/C=C\C(C)CCCOC(C)=O. The van der Waals surface area contributed by atoms with E-state index in [2.05, 4.69) is 26.0 Å². The molecule has 0 rings (SSSR count). The van der Waals surface area contributed by atoms with Crippen LogP contribution in [0.2, 0.25) is 0 Å². The molecule has 0 heterocycles. The van der Waals surface area contributed by atoms with E-state index in [0.29, 0.717) is 12.5 Å². The Balaban J connectivity index is 3.36. The van der Waals surface area contributed by atoms with Crippen LogP contribution in [-0.4, -0.2) is 12.6 Å². The van der Waals surface area contributed by atoms with Crippen molar-refractivity contribution in [3.63, 3.8) is 0 Å². The summed E-state index contributed by atoms with van der Waals surface area (Å²) in [5.74, 6) is 0.415. The molecule has 0 aromatic rings. The fraction of sp³-hybridized carbons (Fsp3) is 0.769. The summed E-state index contributed by atoms with van der Waals surface area (Å²) >= 11 is 0. The van der Waals surface area contributed by atoms with Gasteiger partial charge in [-0.15, -0.1) is 0 Å². The summed E-state index contributed by atoms with van der Waals surface area (Å²) in [5.41, 5.74) is 0. The molecule has 0 aromatic heterocycles. The number of allylic oxidation sites excluding steroid dienone is 2. The van der Waals surface area contributed by atoms with Crippen LogP contribution in [0, 0.1) is 5.92 Å². The van der Waals surface area contributed by atoms with Crippen molar-refractivity contribution in [1.29, 1.82) is 0 Å². The number of hydrogen-bond acceptors (Lipinski definition) is 2. The van der Waals surface area contributed by atoms with Gasteiger partial charge in [0.2, 0.25) is 0 Å². The third-order valence-corrected chi connectivity index (χ3v) is 2.30. The van der Waals surface area contributed by atoms with E-state index in [1.54, 1.807) is 0 Å². The molecule has 0 bridgehead atoms. The third-order valence-electron chi connectivity index (χ3n) is 2.30. The summed E-state index contributed by atoms with van der Waals surface area (Å²) in [5, 5.41) is 0. The van der Waals surface area contributed by atoms with Crippen molar-refractivity contribution in [3.8, 4) is 0 Å². The largest absolute Gasteiger partial charge is 0.466 e. The summed E-state index contributed by atoms with van der Waals surface area (Å²) < 4.78 is 4.87. The summed E-state index contributed by atoms with van der Waals surface area (Å²) in [4.78, 5) is 10.5. The Kier molecular flexibility index (Phi) is 9.24. The Morgan fingerprint density at radius 1 is 1.40 bits per heavy atom. The van der Waals surface area contributed by atoms with E-state index < -0.39 is 0 Å². The fourth-order valence-electron chi connectivity index (χ4n) is 1.37. The van der Waals surface area contributed by atoms with E-state index in [1.165, 1.54) is 26.2 Å². The van der Waals surface area contributed by atoms with E-state index in [9.17, 15) is 4.79 Å². The molecule has 88 valence electrons. The van der Waals surface area contributed by atoms with E-state index in [4.69, 9.17) is 4.74 Å². The molecular weight excluding hydrogens is 188 g/mol. The van der Waals surface area contributed by atoms with Crippen molar-refractivity contribution < 1.29 is 9.53 Å². The lowest BCUT2D eigenvalue weighted by Crippen LogP contribution is -2.02. The van der Waals surface area contributed by atoms with Crippen LogP contribution in [0.4, 0.5) is 0 Å². The van der Waals surface area contributed by atoms with E-state index >= 15 is 0 Å². The molecule has 0 aliphatic heterocycles. The summed E-state index contributed by atoms with van der Waals surface area (Å²) in [6.07, 6.45) is 10.3. The molecule has 0 saturated carbocycles. The highest BCUT2D eigenvalue weighted by atomic mass is 16.5. The standard InChI is InChI=1S/C13H24O2/c1-4-5-6-7-9-12(2)10-8-11-15-13(3)14/h7,9,12H,4-6,8,10-11H2,1-3H3/b9-7-. The number of ether oxygens (including phenoxy) is 1. The second-order valence-electron chi connectivity index (χ2n) is 4.03. The Morgan fingerprint density at radius 3 is 2.73 bits per heavy atom. The van der Waals surface area contributed by atoms with Crippen LogP contribution in [0.3, 0.4) is 0 Å². The normalized spacial score (nSPS) is 13.0. The number of rotatable bonds is 8. The second kappa shape index (κ2) is 9.75. The molecule has 15 heavy (non-hydrogen) atoms. The van der Waals surface area contributed by atoms with Gasteiger partial charge in [-0.1, -0.05) is 38.8 Å². The van der Waals surface area contributed by atoms with Gasteiger partial charge in [0.15, 0.2) is 0 Å². The van der Waals surface area contributed by atoms with Gasteiger partial charge in [0.05, 0.1) is 6.61 Å². The average molecular weight is 212 g/mol. The zero-order chi connectivity index (χ0) is 11.5. The van der Waals surface area contributed by atoms with Gasteiger partial charge in [-0.05, 0) is 25.2 Å². The van der Waals surface area contributed by atoms with Crippen LogP contribution >= 0.6 is 0 Å². The van der Waals surface area contributed by atoms with Crippen molar-refractivity contribution in [3.05, 3.63) is 12.2 Å². The first-order chi connectivity index (χ1) is 7.16. The molecule has 0 spiro atoms. The predicted molar refractivity (Wildman–Crippen MR) is 63.7 cm³/mol. The lowest BCUT2D eigenvalue weighted by atomic mass is 10.0. The maximum absolute atomic E-state index is 10.5. The van der Waals surface area contributed by atoms with Crippen LogP contribution in [0.5, 0.6) is 0 Å². The Labute approximate surface area is 93.7 Å². The summed E-state index contributed by atoms with van der Waals surface area (Å²) in [6.45, 7) is 6.42. The van der Waals surface area contributed by atoms with Crippen LogP contribution in [0.25, 0.3) is 0 Å². The number of hydrogen-bond donors (Lipinski definition) is 0. The van der Waals surface area contributed by atoms with Crippen LogP contribution < -0.4 is 0 Å². The molecule has 0 fully saturated rings. The molecule has 0 aliphatic carbocycles. The van der Waals surface area contributed by atoms with Crippen LogP contribution in [0.1, 0.15) is 52.9 Å². The monoisotopic (exact) mass is 212 g/mol. The first-order valence-electron chi connectivity index (χ1n) is 5.96. The molecular formula is C13H24O2. The van der Waals surface area contributed by atoms with Gasteiger partial charge in [-0.3, -0.25) is 4.79 Å². The molecule has 2 nitrogen and oxygen atoms in total. The molecule has 0 amide bonds. The molecule has 2 heteroatoms. The first kappa shape index (κ1) is 14.2. The minimum absolute atomic E-state index is 0.179. The summed E-state index contributed by atoms with van der Waals surface area (Å²) in [6, 6.07) is 0. The smallest absolute Gasteiger partial charge is 0.302 e. The fourth-order valence-corrected chi connectivity index (χ4v) is 1.37. The van der Waals surface area contributed by atoms with Gasteiger partial charge in [-0.25, -0.2) is 0 Å². The van der Waals surface area contributed by atoms with Crippen LogP contribution in [0.15, 0.2) is 12.2 Å². The first-order valence-corrected chi connectivity index (χ1v) is 5.96. The number of carbonyl (C=O) groups is 1. The Hall–Kier alpha value is -0.790. The highest BCUT2D eigenvalue weighted by Crippen LogP contribution is 2.08. The second-order valence-corrected chi connectivity index (χ2v) is 4.03. The molecule has 1 unspecified atom stereocenters. The third kappa shape index (κ3) is 11.1. The van der Waals surface area contributed by atoms with Gasteiger partial charge < -0.3 is 4.74 Å². The van der Waals surface area contributed by atoms with E-state index in [0.717, 1.165) is 12.8 Å². The van der Waals surface area contributed by atoms with Gasteiger partial charge in [0.25, 0.3) is 0 Å². The lowest BCUT2D eigenvalue weighted by molar-refractivity contribution is -0.141. The van der Waals surface area contributed by atoms with Gasteiger partial charge in [0, 0.05) is 6.92 Å². The minimum Gasteiger partial charge on any atom is -0.466 e. The number of unbranched alkanes of at least 4 members (excludes halogenated alkanes) is 2. The van der Waals surface area contributed by atoms with Crippen molar-refractivity contribution in [2.45, 2.75) is 52.9 Å². The van der Waals surface area contributed by atoms with Gasteiger partial charge in [-0.2, -0.15) is 0 Å². The van der Waals surface area contributed by atoms with E-state index in [1.807, 2.05) is 0 Å². The number of esters is 1. The van der Waals surface area contributed by atoms with Crippen molar-refractivity contribution in [2.75, 3.05) is 6.61 Å². The molecule has 0 radical (unpaired) electrons. The molecule has 0 saturated heterocycles. The van der Waals surface area contributed by atoms with Crippen molar-refractivity contribution in [1.82, 2.24) is 0 Å². The molecule has 0 aliphatic rings. The molecule has 1 atom stereocenters. The molecule has 0 N–H and O–H groups in total. The van der Waals surface area contributed by atoms with Crippen LogP contribution in [-0.2, 0) is 9.53 Å². The lowest BCUT2D eigenvalue weighted by Gasteiger charge is -2.05. The topological polar surface area (TPSA) is 26.3 Å². The van der Waals surface area contributed by atoms with E-state index in [-0.39, 0.29) is 5.97 Å². The highest BCUT2D eigenvalue weighted by molar-refractivity contribution is 5.65. The summed E-state index contributed by atoms with van der Waals surface area (Å²) in [7, 11) is 0. The Morgan fingerprint density at radius 2 is 2.13 bits per heavy atom. The Bertz CT molecular complexity index is 185. The maximum atomic E-state index is 10.5. The maximum Gasteiger partial charge on any atom is 0.302 e. The van der Waals surface area contributed by atoms with Crippen molar-refractivity contribution in [2.24, 2.45) is 5.92 Å². The zero-order valence-corrected chi connectivity index (χ0v) is 10.3.